The molecule has 8 radical (unpaired) electrons. The second-order valence-corrected chi connectivity index (χ2v) is 9.59. The Labute approximate surface area is 203 Å². The summed E-state index contributed by atoms with van der Waals surface area (Å²) < 4.78 is 11.9. The molecule has 0 N–H and O–H groups in total. The number of halogens is 3. The van der Waals surface area contributed by atoms with Crippen molar-refractivity contribution in [1.82, 2.24) is 0 Å². The van der Waals surface area contributed by atoms with Gasteiger partial charge < -0.3 is 9.15 Å². The quantitative estimate of drug-likeness (QED) is 0.154. The van der Waals surface area contributed by atoms with Gasteiger partial charge in [0.25, 0.3) is 0 Å². The Hall–Kier alpha value is -1.18. The Morgan fingerprint density at radius 1 is 1.00 bits per heavy atom. The minimum atomic E-state index is -0.497. The van der Waals surface area contributed by atoms with E-state index in [2.05, 4.69) is 47.8 Å². The number of hydrogen-bond acceptors (Lipinski definition) is 4. The SMILES string of the molecule is [B]c1c([B])c([B])c2c(C(=O)c3cc(Br)c(OC(C)=O)c(Br)c3)c(C(C)Br)oc2c1[B]. The summed E-state index contributed by atoms with van der Waals surface area (Å²) in [5.74, 6) is -0.301. The van der Waals surface area contributed by atoms with Crippen molar-refractivity contribution in [2.45, 2.75) is 18.7 Å². The summed E-state index contributed by atoms with van der Waals surface area (Å²) in [5.41, 5.74) is 1.09. The third kappa shape index (κ3) is 4.00. The van der Waals surface area contributed by atoms with Gasteiger partial charge in [-0.05, 0) is 50.9 Å². The number of hydrogen-bond donors (Lipinski definition) is 0. The molecule has 0 bridgehead atoms. The van der Waals surface area contributed by atoms with E-state index in [1.807, 2.05) is 0 Å². The molecule has 1 unspecified atom stereocenters. The summed E-state index contributed by atoms with van der Waals surface area (Å²) in [4.78, 5) is 24.5. The van der Waals surface area contributed by atoms with Gasteiger partial charge in [-0.2, -0.15) is 0 Å². The summed E-state index contributed by atoms with van der Waals surface area (Å²) in [7, 11) is 24.2. The van der Waals surface area contributed by atoms with Crippen LogP contribution in [0.25, 0.3) is 11.0 Å². The van der Waals surface area contributed by atoms with Gasteiger partial charge in [-0.3, -0.25) is 9.59 Å². The van der Waals surface area contributed by atoms with Crippen molar-refractivity contribution in [3.05, 3.63) is 38.0 Å². The number of carbonyl (C=O) groups excluding carboxylic acids is 2. The summed E-state index contributed by atoms with van der Waals surface area (Å²) in [6, 6.07) is 3.07. The number of ketones is 1. The number of carbonyl (C=O) groups is 2. The molecule has 0 amide bonds. The van der Waals surface area contributed by atoms with Crippen LogP contribution >= 0.6 is 47.8 Å². The van der Waals surface area contributed by atoms with Gasteiger partial charge in [0.2, 0.25) is 0 Å². The van der Waals surface area contributed by atoms with E-state index in [0.29, 0.717) is 20.1 Å². The number of ether oxygens (including phenoxy) is 1. The molecule has 4 nitrogen and oxygen atoms in total. The van der Waals surface area contributed by atoms with Crippen LogP contribution in [-0.4, -0.2) is 43.1 Å². The first kappa shape index (κ1) is 23.5. The largest absolute Gasteiger partial charge is 0.460 e. The molecule has 1 heterocycles. The molecular weight excluding hydrogens is 575 g/mol. The Balaban J connectivity index is 2.30. The van der Waals surface area contributed by atoms with Crippen molar-refractivity contribution in [3.63, 3.8) is 0 Å². The van der Waals surface area contributed by atoms with Crippen LogP contribution in [0.15, 0.2) is 25.5 Å². The van der Waals surface area contributed by atoms with Crippen molar-refractivity contribution in [1.29, 1.82) is 0 Å². The van der Waals surface area contributed by atoms with Crippen LogP contribution in [0.2, 0.25) is 0 Å². The fourth-order valence-electron chi connectivity index (χ4n) is 3.02. The minimum Gasteiger partial charge on any atom is -0.460 e. The van der Waals surface area contributed by atoms with E-state index in [4.69, 9.17) is 40.5 Å². The predicted molar refractivity (Wildman–Crippen MR) is 132 cm³/mol. The highest BCUT2D eigenvalue weighted by Crippen LogP contribution is 2.38. The van der Waals surface area contributed by atoms with E-state index in [9.17, 15) is 9.59 Å². The number of furan rings is 1. The third-order valence-electron chi connectivity index (χ3n) is 4.41. The molecule has 0 fully saturated rings. The highest BCUT2D eigenvalue weighted by molar-refractivity contribution is 9.11. The van der Waals surface area contributed by atoms with Crippen LogP contribution in [0, 0.1) is 0 Å². The van der Waals surface area contributed by atoms with Crippen molar-refractivity contribution < 1.29 is 18.7 Å². The number of alkyl halides is 1. The first-order valence-corrected chi connectivity index (χ1v) is 11.0. The number of rotatable bonds is 4. The average molecular weight is 584 g/mol. The molecule has 0 aliphatic heterocycles. The zero-order valence-corrected chi connectivity index (χ0v) is 20.6. The number of esters is 1. The van der Waals surface area contributed by atoms with Gasteiger partial charge in [0.15, 0.2) is 11.5 Å². The van der Waals surface area contributed by atoms with E-state index >= 15 is 0 Å². The molecule has 3 aromatic rings. The minimum absolute atomic E-state index is 0.0798. The summed E-state index contributed by atoms with van der Waals surface area (Å²) in [6.45, 7) is 3.08. The van der Waals surface area contributed by atoms with Gasteiger partial charge in [0, 0.05) is 17.9 Å². The molecule has 2 aromatic carbocycles. The van der Waals surface area contributed by atoms with Crippen LogP contribution < -0.4 is 26.6 Å². The third-order valence-corrected chi connectivity index (χ3v) is 6.01. The Morgan fingerprint density at radius 3 is 2.03 bits per heavy atom. The topological polar surface area (TPSA) is 56.5 Å². The lowest BCUT2D eigenvalue weighted by molar-refractivity contribution is -0.131. The van der Waals surface area contributed by atoms with Crippen LogP contribution in [-0.2, 0) is 4.79 Å². The van der Waals surface area contributed by atoms with E-state index in [1.165, 1.54) is 19.1 Å². The second kappa shape index (κ2) is 8.75. The van der Waals surface area contributed by atoms with Crippen molar-refractivity contribution in [2.75, 3.05) is 0 Å². The molecular formula is C19H9B4Br3O4. The van der Waals surface area contributed by atoms with Crippen molar-refractivity contribution >= 4 is 124 Å². The maximum Gasteiger partial charge on any atom is 0.308 e. The summed E-state index contributed by atoms with van der Waals surface area (Å²) >= 11 is 10.1. The van der Waals surface area contributed by atoms with Gasteiger partial charge in [-0.25, -0.2) is 0 Å². The molecule has 0 saturated carbocycles. The molecule has 30 heavy (non-hydrogen) atoms. The van der Waals surface area contributed by atoms with Gasteiger partial charge in [0.1, 0.15) is 42.7 Å². The van der Waals surface area contributed by atoms with Gasteiger partial charge in [-0.1, -0.05) is 26.9 Å². The average Bonchev–Trinajstić information content (AvgIpc) is 3.07. The standard InChI is InChI=1S/C19H9B4Br3O4/c1-5(24)17-11(10-12(20)13(21)14(22)15(23)19(10)30-17)16(28)7-3-8(25)18(9(26)4-7)29-6(2)27/h3-5H,1-2H3. The molecule has 0 aliphatic rings. The van der Waals surface area contributed by atoms with E-state index in [-0.39, 0.29) is 54.9 Å². The molecule has 0 aliphatic carbocycles. The zero-order chi connectivity index (χ0) is 22.5. The monoisotopic (exact) mass is 582 g/mol. The lowest BCUT2D eigenvalue weighted by atomic mass is 9.65. The Morgan fingerprint density at radius 2 is 1.53 bits per heavy atom. The van der Waals surface area contributed by atoms with Crippen molar-refractivity contribution in [3.8, 4) is 5.75 Å². The zero-order valence-electron chi connectivity index (χ0n) is 15.8. The fourth-order valence-corrected chi connectivity index (χ4v) is 4.70. The van der Waals surface area contributed by atoms with Gasteiger partial charge in [0.05, 0.1) is 19.3 Å². The van der Waals surface area contributed by atoms with E-state index in [1.54, 1.807) is 6.92 Å². The predicted octanol–water partition coefficient (Wildman–Crippen LogP) is 1.75. The van der Waals surface area contributed by atoms with Crippen LogP contribution in [0.4, 0.5) is 0 Å². The molecule has 142 valence electrons. The highest BCUT2D eigenvalue weighted by atomic mass is 79.9. The van der Waals surface area contributed by atoms with Crippen LogP contribution in [0.5, 0.6) is 5.75 Å². The normalized spacial score (nSPS) is 12.2. The fraction of sp³-hybridized carbons (Fsp3) is 0.158. The first-order valence-electron chi connectivity index (χ1n) is 8.50. The number of fused-ring (bicyclic) bond motifs is 1. The van der Waals surface area contributed by atoms with Crippen molar-refractivity contribution in [2.24, 2.45) is 0 Å². The van der Waals surface area contributed by atoms with Gasteiger partial charge >= 0.3 is 5.97 Å². The molecule has 0 spiro atoms. The Bertz CT molecular complexity index is 1200. The summed E-state index contributed by atoms with van der Waals surface area (Å²) in [6.07, 6.45) is 0. The molecule has 1 aromatic heterocycles. The highest BCUT2D eigenvalue weighted by Gasteiger charge is 2.28. The van der Waals surface area contributed by atoms with E-state index < -0.39 is 5.97 Å². The van der Waals surface area contributed by atoms with Crippen LogP contribution in [0.1, 0.15) is 40.4 Å². The molecule has 0 saturated heterocycles. The van der Waals surface area contributed by atoms with Crippen LogP contribution in [0.3, 0.4) is 0 Å². The van der Waals surface area contributed by atoms with Gasteiger partial charge in [-0.15, -0.1) is 10.9 Å². The lowest BCUT2D eigenvalue weighted by Gasteiger charge is -2.13. The maximum atomic E-state index is 13.5. The number of benzene rings is 2. The summed E-state index contributed by atoms with van der Waals surface area (Å²) in [5, 5.41) is 0.293. The maximum absolute atomic E-state index is 13.5. The Kier molecular flexibility index (Phi) is 6.85. The molecule has 3 rings (SSSR count). The second-order valence-electron chi connectivity index (χ2n) is 6.51. The lowest BCUT2D eigenvalue weighted by Crippen LogP contribution is -2.47. The van der Waals surface area contributed by atoms with E-state index in [0.717, 1.165) is 0 Å². The smallest absolute Gasteiger partial charge is 0.308 e. The first-order chi connectivity index (χ1) is 14.0. The molecule has 1 atom stereocenters. The molecule has 11 heteroatoms.